The molecule has 1 aliphatic rings. The van der Waals surface area contributed by atoms with Crippen molar-refractivity contribution in [3.8, 4) is 0 Å². The number of likely N-dealkylation sites (tertiary alicyclic amines) is 1. The van der Waals surface area contributed by atoms with Gasteiger partial charge in [0.05, 0.1) is 0 Å². The van der Waals surface area contributed by atoms with E-state index in [0.29, 0.717) is 6.42 Å². The Morgan fingerprint density at radius 1 is 1.38 bits per heavy atom. The van der Waals surface area contributed by atoms with Crippen LogP contribution >= 0.6 is 0 Å². The van der Waals surface area contributed by atoms with Crippen LogP contribution < -0.4 is 0 Å². The standard InChI is InChI=1S/C11H19F2NO2/c1-10(2,3)14-6-4-5-8(7-14)11(12,13)9(15)16/h8H,4-7H2,1-3H3,(H,15,16). The quantitative estimate of drug-likeness (QED) is 0.797. The van der Waals surface area contributed by atoms with E-state index < -0.39 is 17.8 Å². The number of nitrogens with zero attached hydrogens (tertiary/aromatic N) is 1. The van der Waals surface area contributed by atoms with Crippen LogP contribution in [0.1, 0.15) is 33.6 Å². The fourth-order valence-corrected chi connectivity index (χ4v) is 2.06. The Balaban J connectivity index is 2.75. The maximum absolute atomic E-state index is 13.4. The SMILES string of the molecule is CC(C)(C)N1CCCC(C(F)(F)C(=O)O)C1. The minimum absolute atomic E-state index is 0.156. The summed E-state index contributed by atoms with van der Waals surface area (Å²) in [5.41, 5.74) is -0.187. The van der Waals surface area contributed by atoms with Crippen LogP contribution in [0.5, 0.6) is 0 Å². The summed E-state index contributed by atoms with van der Waals surface area (Å²) in [5, 5.41) is 8.51. The summed E-state index contributed by atoms with van der Waals surface area (Å²) in [5.74, 6) is -6.68. The van der Waals surface area contributed by atoms with Crippen molar-refractivity contribution in [1.82, 2.24) is 4.90 Å². The van der Waals surface area contributed by atoms with E-state index in [4.69, 9.17) is 5.11 Å². The molecular weight excluding hydrogens is 216 g/mol. The molecule has 1 aliphatic heterocycles. The minimum Gasteiger partial charge on any atom is -0.477 e. The fraction of sp³-hybridized carbons (Fsp3) is 0.909. The number of carboxylic acid groups (broad SMARTS) is 1. The Hall–Kier alpha value is -0.710. The molecular formula is C11H19F2NO2. The molecule has 0 radical (unpaired) electrons. The van der Waals surface area contributed by atoms with Crippen molar-refractivity contribution in [2.24, 2.45) is 5.92 Å². The Labute approximate surface area is 94.4 Å². The first kappa shape index (κ1) is 13.4. The fourth-order valence-electron chi connectivity index (χ4n) is 2.06. The number of rotatable bonds is 2. The molecule has 1 saturated heterocycles. The van der Waals surface area contributed by atoms with Gasteiger partial charge in [0.2, 0.25) is 0 Å². The number of hydrogen-bond donors (Lipinski definition) is 1. The van der Waals surface area contributed by atoms with Gasteiger partial charge >= 0.3 is 11.9 Å². The van der Waals surface area contributed by atoms with Crippen molar-refractivity contribution in [2.45, 2.75) is 45.1 Å². The van der Waals surface area contributed by atoms with Crippen LogP contribution in [0.4, 0.5) is 8.78 Å². The smallest absolute Gasteiger partial charge is 0.374 e. The van der Waals surface area contributed by atoms with Crippen molar-refractivity contribution in [3.63, 3.8) is 0 Å². The van der Waals surface area contributed by atoms with Crippen molar-refractivity contribution in [2.75, 3.05) is 13.1 Å². The third-order valence-electron chi connectivity index (χ3n) is 3.17. The highest BCUT2D eigenvalue weighted by Crippen LogP contribution is 2.34. The lowest BCUT2D eigenvalue weighted by Crippen LogP contribution is -2.52. The molecule has 0 amide bonds. The molecule has 0 aliphatic carbocycles. The van der Waals surface area contributed by atoms with Crippen molar-refractivity contribution in [1.29, 1.82) is 0 Å². The van der Waals surface area contributed by atoms with Gasteiger partial charge in [-0.1, -0.05) is 0 Å². The highest BCUT2D eigenvalue weighted by molar-refractivity contribution is 5.75. The summed E-state index contributed by atoms with van der Waals surface area (Å²) in [6.07, 6.45) is 0.913. The first-order valence-electron chi connectivity index (χ1n) is 5.52. The van der Waals surface area contributed by atoms with Gasteiger partial charge in [0.15, 0.2) is 0 Å². The zero-order valence-electron chi connectivity index (χ0n) is 9.96. The van der Waals surface area contributed by atoms with E-state index in [9.17, 15) is 13.6 Å². The van der Waals surface area contributed by atoms with E-state index in [1.807, 2.05) is 25.7 Å². The molecule has 1 atom stereocenters. The van der Waals surface area contributed by atoms with Gasteiger partial charge in [-0.25, -0.2) is 4.79 Å². The Morgan fingerprint density at radius 2 is 1.94 bits per heavy atom. The first-order chi connectivity index (χ1) is 7.15. The number of piperidine rings is 1. The largest absolute Gasteiger partial charge is 0.477 e. The molecule has 1 fully saturated rings. The maximum atomic E-state index is 13.4. The zero-order valence-corrected chi connectivity index (χ0v) is 9.96. The lowest BCUT2D eigenvalue weighted by Gasteiger charge is -2.42. The summed E-state index contributed by atoms with van der Waals surface area (Å²) in [6.45, 7) is 6.77. The topological polar surface area (TPSA) is 40.5 Å². The van der Waals surface area contributed by atoms with Crippen molar-refractivity contribution >= 4 is 5.97 Å². The second-order valence-corrected chi connectivity index (χ2v) is 5.38. The second-order valence-electron chi connectivity index (χ2n) is 5.38. The number of alkyl halides is 2. The first-order valence-corrected chi connectivity index (χ1v) is 5.52. The van der Waals surface area contributed by atoms with E-state index >= 15 is 0 Å². The molecule has 1 unspecified atom stereocenters. The van der Waals surface area contributed by atoms with E-state index in [2.05, 4.69) is 0 Å². The summed E-state index contributed by atoms with van der Waals surface area (Å²) < 4.78 is 26.7. The normalized spacial score (nSPS) is 24.4. The monoisotopic (exact) mass is 235 g/mol. The number of aliphatic carboxylic acids is 1. The Bertz CT molecular complexity index is 274. The second kappa shape index (κ2) is 4.28. The molecule has 1 N–H and O–H groups in total. The molecule has 0 aromatic heterocycles. The van der Waals surface area contributed by atoms with Crippen molar-refractivity contribution in [3.05, 3.63) is 0 Å². The third kappa shape index (κ3) is 2.70. The van der Waals surface area contributed by atoms with Crippen LogP contribution in [0.2, 0.25) is 0 Å². The molecule has 0 spiro atoms. The van der Waals surface area contributed by atoms with Crippen LogP contribution in [0, 0.1) is 5.92 Å². The van der Waals surface area contributed by atoms with Gasteiger partial charge in [0.1, 0.15) is 0 Å². The van der Waals surface area contributed by atoms with E-state index in [1.54, 1.807) is 0 Å². The zero-order chi connectivity index (χ0) is 12.6. The summed E-state index contributed by atoms with van der Waals surface area (Å²) in [7, 11) is 0. The number of carbonyl (C=O) groups is 1. The molecule has 1 rings (SSSR count). The van der Waals surface area contributed by atoms with Gasteiger partial charge < -0.3 is 5.11 Å². The predicted octanol–water partition coefficient (Wildman–Crippen LogP) is 2.22. The van der Waals surface area contributed by atoms with Crippen molar-refractivity contribution < 1.29 is 18.7 Å². The number of hydrogen-bond acceptors (Lipinski definition) is 2. The Morgan fingerprint density at radius 3 is 2.38 bits per heavy atom. The molecule has 16 heavy (non-hydrogen) atoms. The molecule has 0 aromatic rings. The molecule has 0 aromatic carbocycles. The van der Waals surface area contributed by atoms with Gasteiger partial charge in [-0.3, -0.25) is 4.90 Å². The lowest BCUT2D eigenvalue weighted by molar-refractivity contribution is -0.178. The average molecular weight is 235 g/mol. The Kier molecular flexibility index (Phi) is 3.57. The van der Waals surface area contributed by atoms with Gasteiger partial charge in [-0.05, 0) is 40.2 Å². The van der Waals surface area contributed by atoms with Gasteiger partial charge in [0, 0.05) is 18.0 Å². The summed E-state index contributed by atoms with van der Waals surface area (Å²) in [6, 6.07) is 0. The average Bonchev–Trinajstić information content (AvgIpc) is 2.16. The molecule has 1 heterocycles. The third-order valence-corrected chi connectivity index (χ3v) is 3.17. The number of halogens is 2. The molecule has 0 saturated carbocycles. The number of carboxylic acids is 1. The van der Waals surface area contributed by atoms with Crippen LogP contribution in [0.25, 0.3) is 0 Å². The van der Waals surface area contributed by atoms with E-state index in [-0.39, 0.29) is 18.5 Å². The van der Waals surface area contributed by atoms with Gasteiger partial charge in [-0.15, -0.1) is 0 Å². The van der Waals surface area contributed by atoms with Crippen LogP contribution in [-0.4, -0.2) is 40.5 Å². The maximum Gasteiger partial charge on any atom is 0.374 e. The molecule has 94 valence electrons. The van der Waals surface area contributed by atoms with Gasteiger partial charge in [0.25, 0.3) is 0 Å². The highest BCUT2D eigenvalue weighted by atomic mass is 19.3. The summed E-state index contributed by atoms with van der Waals surface area (Å²) in [4.78, 5) is 12.4. The van der Waals surface area contributed by atoms with Crippen LogP contribution in [-0.2, 0) is 4.79 Å². The summed E-state index contributed by atoms with van der Waals surface area (Å²) >= 11 is 0. The minimum atomic E-state index is -3.61. The lowest BCUT2D eigenvalue weighted by atomic mass is 9.89. The van der Waals surface area contributed by atoms with E-state index in [0.717, 1.165) is 6.54 Å². The molecule has 0 bridgehead atoms. The van der Waals surface area contributed by atoms with E-state index in [1.165, 1.54) is 0 Å². The van der Waals surface area contributed by atoms with Crippen LogP contribution in [0.3, 0.4) is 0 Å². The highest BCUT2D eigenvalue weighted by Gasteiger charge is 2.49. The molecule has 3 nitrogen and oxygen atoms in total. The molecule has 5 heteroatoms. The predicted molar refractivity (Wildman–Crippen MR) is 56.6 cm³/mol. The van der Waals surface area contributed by atoms with Crippen LogP contribution in [0.15, 0.2) is 0 Å². The van der Waals surface area contributed by atoms with Gasteiger partial charge in [-0.2, -0.15) is 8.78 Å².